The van der Waals surface area contributed by atoms with Crippen molar-refractivity contribution < 1.29 is 49.0 Å². The van der Waals surface area contributed by atoms with Crippen LogP contribution in [0.4, 0.5) is 0 Å². The van der Waals surface area contributed by atoms with Crippen molar-refractivity contribution in [2.45, 2.75) is 282 Å². The van der Waals surface area contributed by atoms with Gasteiger partial charge in [-0.2, -0.15) is 0 Å². The van der Waals surface area contributed by atoms with Crippen LogP contribution < -0.4 is 0 Å². The van der Waals surface area contributed by atoms with Gasteiger partial charge in [0.05, 0.1) is 13.2 Å². The van der Waals surface area contributed by atoms with Crippen LogP contribution in [-0.2, 0) is 28.5 Å². The fourth-order valence-electron chi connectivity index (χ4n) is 8.31. The maximum absolute atomic E-state index is 12.9. The molecule has 10 nitrogen and oxygen atoms in total. The highest BCUT2D eigenvalue weighted by molar-refractivity contribution is 5.70. The van der Waals surface area contributed by atoms with E-state index in [2.05, 4.69) is 62.5 Å². The third kappa shape index (κ3) is 38.1. The molecule has 0 radical (unpaired) electrons. The Morgan fingerprint density at radius 2 is 0.836 bits per heavy atom. The number of rotatable bonds is 47. The van der Waals surface area contributed by atoms with Crippen molar-refractivity contribution in [1.82, 2.24) is 0 Å². The van der Waals surface area contributed by atoms with Gasteiger partial charge in [-0.15, -0.1) is 0 Å². The lowest BCUT2D eigenvalue weighted by Gasteiger charge is -2.39. The molecule has 1 saturated heterocycles. The zero-order chi connectivity index (χ0) is 48.7. The zero-order valence-electron chi connectivity index (χ0n) is 42.9. The van der Waals surface area contributed by atoms with E-state index in [1.807, 2.05) is 0 Å². The summed E-state index contributed by atoms with van der Waals surface area (Å²) in [6.07, 6.45) is 51.2. The number of hydrogen-bond donors (Lipinski definition) is 4. The monoisotopic (exact) mass is 947 g/mol. The fourth-order valence-corrected chi connectivity index (χ4v) is 8.31. The van der Waals surface area contributed by atoms with E-state index in [9.17, 15) is 30.0 Å². The van der Waals surface area contributed by atoms with Crippen LogP contribution >= 0.6 is 0 Å². The molecule has 0 aromatic heterocycles. The van der Waals surface area contributed by atoms with Crippen LogP contribution in [0.5, 0.6) is 0 Å². The van der Waals surface area contributed by atoms with E-state index in [-0.39, 0.29) is 32.0 Å². The molecule has 0 saturated carbocycles. The SMILES string of the molecule is CCCCC/C=C\C/C=C\C/C=C\CCCCCCCCC(=O)OC(COC(=O)CCCCCCCCCCCCC/C=C\CCCCCCCCCC)COC1OC(CO)C(O)C(O)C1O. The number of ether oxygens (including phenoxy) is 4. The number of aliphatic hydroxyl groups excluding tert-OH is 4. The minimum atomic E-state index is -1.60. The van der Waals surface area contributed by atoms with Gasteiger partial charge < -0.3 is 39.4 Å². The molecule has 1 aliphatic rings. The van der Waals surface area contributed by atoms with E-state index in [0.29, 0.717) is 6.42 Å². The van der Waals surface area contributed by atoms with Gasteiger partial charge in [-0.05, 0) is 77.0 Å². The van der Waals surface area contributed by atoms with E-state index in [4.69, 9.17) is 18.9 Å². The Hall–Kier alpha value is -2.34. The minimum absolute atomic E-state index is 0.215. The molecule has 1 rings (SSSR count). The van der Waals surface area contributed by atoms with Crippen molar-refractivity contribution in [3.63, 3.8) is 0 Å². The molecule has 0 amide bonds. The van der Waals surface area contributed by atoms with Crippen molar-refractivity contribution in [1.29, 1.82) is 0 Å². The van der Waals surface area contributed by atoms with Crippen LogP contribution in [0, 0.1) is 0 Å². The van der Waals surface area contributed by atoms with Crippen LogP contribution in [-0.4, -0.2) is 89.0 Å². The van der Waals surface area contributed by atoms with Crippen LogP contribution in [0.25, 0.3) is 0 Å². The number of hydrogen-bond acceptors (Lipinski definition) is 10. The summed E-state index contributed by atoms with van der Waals surface area (Å²) in [6.45, 7) is 3.41. The van der Waals surface area contributed by atoms with Crippen molar-refractivity contribution in [3.05, 3.63) is 48.6 Å². The topological polar surface area (TPSA) is 152 Å². The summed E-state index contributed by atoms with van der Waals surface area (Å²) in [4.78, 5) is 25.5. The normalized spacial score (nSPS) is 19.4. The van der Waals surface area contributed by atoms with Gasteiger partial charge in [-0.1, -0.05) is 204 Å². The second-order valence-corrected chi connectivity index (χ2v) is 19.0. The van der Waals surface area contributed by atoms with E-state index >= 15 is 0 Å². The molecule has 67 heavy (non-hydrogen) atoms. The summed E-state index contributed by atoms with van der Waals surface area (Å²) in [5.74, 6) is -0.815. The first-order valence-corrected chi connectivity index (χ1v) is 27.7. The molecule has 6 unspecified atom stereocenters. The largest absolute Gasteiger partial charge is 0.462 e. The fraction of sp³-hybridized carbons (Fsp3) is 0.825. The quantitative estimate of drug-likeness (QED) is 0.0264. The number of allylic oxidation sites excluding steroid dienone is 8. The highest BCUT2D eigenvalue weighted by Gasteiger charge is 2.44. The van der Waals surface area contributed by atoms with E-state index in [1.165, 1.54) is 141 Å². The summed E-state index contributed by atoms with van der Waals surface area (Å²) in [7, 11) is 0. The number of carbonyl (C=O) groups is 2. The zero-order valence-corrected chi connectivity index (χ0v) is 42.9. The van der Waals surface area contributed by atoms with Gasteiger partial charge in [0, 0.05) is 12.8 Å². The van der Waals surface area contributed by atoms with E-state index in [0.717, 1.165) is 70.6 Å². The average Bonchev–Trinajstić information content (AvgIpc) is 3.33. The highest BCUT2D eigenvalue weighted by Crippen LogP contribution is 2.23. The molecule has 390 valence electrons. The van der Waals surface area contributed by atoms with Crippen molar-refractivity contribution in [3.8, 4) is 0 Å². The summed E-state index contributed by atoms with van der Waals surface area (Å²) < 4.78 is 22.3. The molecule has 1 aliphatic heterocycles. The lowest BCUT2D eigenvalue weighted by molar-refractivity contribution is -0.305. The molecule has 4 N–H and O–H groups in total. The van der Waals surface area contributed by atoms with Gasteiger partial charge in [0.15, 0.2) is 12.4 Å². The number of aliphatic hydroxyl groups is 4. The van der Waals surface area contributed by atoms with Crippen LogP contribution in [0.1, 0.15) is 245 Å². The molecule has 0 aromatic carbocycles. The van der Waals surface area contributed by atoms with E-state index in [1.54, 1.807) is 0 Å². The average molecular weight is 947 g/mol. The van der Waals surface area contributed by atoms with Gasteiger partial charge in [-0.3, -0.25) is 9.59 Å². The standard InChI is InChI=1S/C57H102O10/c1-3-5-7-9-11-13-15-17-19-21-23-24-25-26-28-29-31-33-35-37-39-41-43-45-52(59)64-48-50(49-65-57-56(63)55(62)54(61)51(47-58)67-57)66-53(60)46-44-42-40-38-36-34-32-30-27-22-20-18-16-14-12-10-8-6-4-2/h12,14,18,20-21,23,27,30,50-51,54-58,61-63H,3-11,13,15-17,19,22,24-26,28-29,31-49H2,1-2H3/b14-12-,20-18-,23-21-,30-27-. The molecular weight excluding hydrogens is 845 g/mol. The summed E-state index contributed by atoms with van der Waals surface area (Å²) >= 11 is 0. The first-order chi connectivity index (χ1) is 32.8. The molecule has 6 atom stereocenters. The summed E-state index contributed by atoms with van der Waals surface area (Å²) in [5.41, 5.74) is 0. The van der Waals surface area contributed by atoms with Crippen molar-refractivity contribution in [2.24, 2.45) is 0 Å². The maximum atomic E-state index is 12.9. The maximum Gasteiger partial charge on any atom is 0.306 e. The molecule has 10 heteroatoms. The Kier molecular flexibility index (Phi) is 44.3. The Morgan fingerprint density at radius 3 is 1.30 bits per heavy atom. The van der Waals surface area contributed by atoms with Crippen LogP contribution in [0.2, 0.25) is 0 Å². The summed E-state index contributed by atoms with van der Waals surface area (Å²) in [6, 6.07) is 0. The molecule has 0 aliphatic carbocycles. The molecule has 1 heterocycles. The minimum Gasteiger partial charge on any atom is -0.462 e. The number of carbonyl (C=O) groups excluding carboxylic acids is 2. The lowest BCUT2D eigenvalue weighted by Crippen LogP contribution is -2.59. The Labute approximate surface area is 409 Å². The van der Waals surface area contributed by atoms with Gasteiger partial charge in [0.25, 0.3) is 0 Å². The Balaban J connectivity index is 2.23. The first-order valence-electron chi connectivity index (χ1n) is 27.7. The predicted octanol–water partition coefficient (Wildman–Crippen LogP) is 13.6. The second-order valence-electron chi connectivity index (χ2n) is 19.0. The van der Waals surface area contributed by atoms with Crippen molar-refractivity contribution in [2.75, 3.05) is 19.8 Å². The second kappa shape index (κ2) is 47.3. The van der Waals surface area contributed by atoms with Crippen LogP contribution in [0.15, 0.2) is 48.6 Å². The molecule has 0 spiro atoms. The van der Waals surface area contributed by atoms with Crippen molar-refractivity contribution >= 4 is 11.9 Å². The van der Waals surface area contributed by atoms with Gasteiger partial charge in [-0.25, -0.2) is 0 Å². The first kappa shape index (κ1) is 62.7. The summed E-state index contributed by atoms with van der Waals surface area (Å²) in [5, 5.41) is 40.3. The van der Waals surface area contributed by atoms with Gasteiger partial charge in [0.2, 0.25) is 0 Å². The highest BCUT2D eigenvalue weighted by atomic mass is 16.7. The predicted molar refractivity (Wildman–Crippen MR) is 275 cm³/mol. The molecule has 0 aromatic rings. The van der Waals surface area contributed by atoms with E-state index < -0.39 is 49.4 Å². The molecule has 1 fully saturated rings. The van der Waals surface area contributed by atoms with Gasteiger partial charge >= 0.3 is 11.9 Å². The molecular formula is C57H102O10. The van der Waals surface area contributed by atoms with Crippen LogP contribution in [0.3, 0.4) is 0 Å². The Bertz CT molecular complexity index is 1230. The number of unbranched alkanes of at least 4 members (excludes halogenated alkanes) is 28. The number of esters is 2. The lowest BCUT2D eigenvalue weighted by atomic mass is 9.99. The third-order valence-corrected chi connectivity index (χ3v) is 12.7. The molecule has 0 bridgehead atoms. The smallest absolute Gasteiger partial charge is 0.306 e. The van der Waals surface area contributed by atoms with Gasteiger partial charge in [0.1, 0.15) is 31.0 Å². The Morgan fingerprint density at radius 1 is 0.463 bits per heavy atom. The third-order valence-electron chi connectivity index (χ3n) is 12.7.